The molecule has 0 N–H and O–H groups in total. The highest BCUT2D eigenvalue weighted by Gasteiger charge is 2.19. The molecule has 10 heteroatoms. The maximum Gasteiger partial charge on any atom is 0.306 e. The predicted octanol–water partition coefficient (Wildman–Crippen LogP) is 2.69. The average molecular weight is 468 g/mol. The number of carbonyl (C=O) groups excluding carboxylic acids is 1. The number of rotatable bonds is 8. The number of aryl methyl sites for hydroxylation is 2. The number of hydrogen-bond acceptors (Lipinski definition) is 6. The highest BCUT2D eigenvalue weighted by molar-refractivity contribution is 7.89. The molecule has 0 saturated carbocycles. The predicted molar refractivity (Wildman–Crippen MR) is 123 cm³/mol. The van der Waals surface area contributed by atoms with Gasteiger partial charge in [-0.2, -0.15) is 5.10 Å². The first-order valence-corrected chi connectivity index (χ1v) is 11.8. The van der Waals surface area contributed by atoms with Crippen LogP contribution in [0.15, 0.2) is 65.8 Å². The van der Waals surface area contributed by atoms with Crippen LogP contribution in [0.3, 0.4) is 0 Å². The van der Waals surface area contributed by atoms with Gasteiger partial charge in [-0.05, 0) is 30.3 Å². The molecule has 0 atom stereocenters. The summed E-state index contributed by atoms with van der Waals surface area (Å²) in [6, 6.07) is 14.5. The molecule has 2 heterocycles. The van der Waals surface area contributed by atoms with Crippen molar-refractivity contribution in [2.75, 3.05) is 14.1 Å². The van der Waals surface area contributed by atoms with Gasteiger partial charge in [-0.1, -0.05) is 18.2 Å². The van der Waals surface area contributed by atoms with E-state index in [-0.39, 0.29) is 23.9 Å². The lowest BCUT2D eigenvalue weighted by Gasteiger charge is -2.10. The van der Waals surface area contributed by atoms with Gasteiger partial charge >= 0.3 is 5.97 Å². The van der Waals surface area contributed by atoms with E-state index in [9.17, 15) is 13.2 Å². The van der Waals surface area contributed by atoms with Gasteiger partial charge in [0.1, 0.15) is 12.4 Å². The van der Waals surface area contributed by atoms with Crippen LogP contribution in [0.25, 0.3) is 16.7 Å². The Morgan fingerprint density at radius 1 is 1.12 bits per heavy atom. The number of imidazole rings is 1. The number of para-hydroxylation sites is 1. The van der Waals surface area contributed by atoms with Crippen molar-refractivity contribution >= 4 is 27.0 Å². The number of benzene rings is 2. The minimum absolute atomic E-state index is 0.139. The lowest BCUT2D eigenvalue weighted by Crippen LogP contribution is -2.22. The first-order chi connectivity index (χ1) is 15.8. The molecule has 0 aliphatic rings. The van der Waals surface area contributed by atoms with Crippen molar-refractivity contribution in [3.8, 4) is 5.69 Å². The Morgan fingerprint density at radius 3 is 2.61 bits per heavy atom. The Kier molecular flexibility index (Phi) is 6.30. The fraction of sp³-hybridized carbons (Fsp3) is 0.261. The molecule has 2 aromatic carbocycles. The van der Waals surface area contributed by atoms with Gasteiger partial charge in [0.05, 0.1) is 34.2 Å². The summed E-state index contributed by atoms with van der Waals surface area (Å²) in [6.45, 7) is 0.139. The molecule has 0 bridgehead atoms. The average Bonchev–Trinajstić information content (AvgIpc) is 3.41. The number of fused-ring (bicyclic) bond motifs is 1. The topological polar surface area (TPSA) is 99.3 Å². The number of esters is 1. The third-order valence-electron chi connectivity index (χ3n) is 5.33. The van der Waals surface area contributed by atoms with Gasteiger partial charge in [-0.15, -0.1) is 0 Å². The quantitative estimate of drug-likeness (QED) is 0.370. The highest BCUT2D eigenvalue weighted by Crippen LogP contribution is 2.22. The molecule has 9 nitrogen and oxygen atoms in total. The van der Waals surface area contributed by atoms with E-state index in [2.05, 4.69) is 10.1 Å². The zero-order valence-electron chi connectivity index (χ0n) is 18.7. The van der Waals surface area contributed by atoms with E-state index < -0.39 is 10.0 Å². The van der Waals surface area contributed by atoms with Crippen LogP contribution in [0.2, 0.25) is 0 Å². The van der Waals surface area contributed by atoms with Crippen LogP contribution >= 0.6 is 0 Å². The number of carbonyl (C=O) groups is 1. The third kappa shape index (κ3) is 4.81. The monoisotopic (exact) mass is 467 g/mol. The molecule has 172 valence electrons. The summed E-state index contributed by atoms with van der Waals surface area (Å²) in [6.07, 6.45) is 4.04. The second kappa shape index (κ2) is 9.16. The normalized spacial score (nSPS) is 11.9. The fourth-order valence-corrected chi connectivity index (χ4v) is 4.35. The SMILES string of the molecule is CN(C)S(=O)(=O)c1ccc2c(c1)nc(CCC(=O)OCc1cnn(-c3ccccc3)c1)n2C. The molecule has 0 amide bonds. The maximum absolute atomic E-state index is 12.4. The van der Waals surface area contributed by atoms with Gasteiger partial charge in [-0.25, -0.2) is 22.4 Å². The number of sulfonamides is 1. The number of ether oxygens (including phenoxy) is 1. The maximum atomic E-state index is 12.4. The number of hydrogen-bond donors (Lipinski definition) is 0. The second-order valence-electron chi connectivity index (χ2n) is 7.81. The van der Waals surface area contributed by atoms with E-state index in [0.717, 1.165) is 21.1 Å². The van der Waals surface area contributed by atoms with Crippen LogP contribution < -0.4 is 0 Å². The van der Waals surface area contributed by atoms with Crippen molar-refractivity contribution < 1.29 is 17.9 Å². The molecular formula is C23H25N5O4S. The lowest BCUT2D eigenvalue weighted by atomic mass is 10.3. The molecule has 4 rings (SSSR count). The van der Waals surface area contributed by atoms with Crippen molar-refractivity contribution in [2.24, 2.45) is 7.05 Å². The first-order valence-electron chi connectivity index (χ1n) is 10.4. The Balaban J connectivity index is 1.38. The van der Waals surface area contributed by atoms with Crippen LogP contribution in [0.1, 0.15) is 17.8 Å². The molecular weight excluding hydrogens is 442 g/mol. The smallest absolute Gasteiger partial charge is 0.306 e. The summed E-state index contributed by atoms with van der Waals surface area (Å²) >= 11 is 0. The van der Waals surface area contributed by atoms with Crippen LogP contribution in [-0.4, -0.2) is 52.1 Å². The van der Waals surface area contributed by atoms with Crippen molar-refractivity contribution in [2.45, 2.75) is 24.3 Å². The Labute approximate surface area is 192 Å². The van der Waals surface area contributed by atoms with Gasteiger partial charge in [-0.3, -0.25) is 4.79 Å². The molecule has 2 aromatic heterocycles. The minimum Gasteiger partial charge on any atom is -0.461 e. The van der Waals surface area contributed by atoms with Gasteiger partial charge < -0.3 is 9.30 Å². The van der Waals surface area contributed by atoms with E-state index >= 15 is 0 Å². The molecule has 0 aliphatic heterocycles. The summed E-state index contributed by atoms with van der Waals surface area (Å²) in [5.74, 6) is 0.337. The zero-order chi connectivity index (χ0) is 23.6. The summed E-state index contributed by atoms with van der Waals surface area (Å²) in [4.78, 5) is 17.0. The standard InChI is InChI=1S/C23H25N5O4S/c1-26(2)33(30,31)19-9-10-21-20(13-19)25-22(27(21)3)11-12-23(29)32-16-17-14-24-28(15-17)18-7-5-4-6-8-18/h4-10,13-15H,11-12,16H2,1-3H3. The van der Waals surface area contributed by atoms with Crippen LogP contribution in [0.5, 0.6) is 0 Å². The van der Waals surface area contributed by atoms with E-state index in [1.54, 1.807) is 29.1 Å². The summed E-state index contributed by atoms with van der Waals surface area (Å²) in [7, 11) is 1.27. The number of aromatic nitrogens is 4. The highest BCUT2D eigenvalue weighted by atomic mass is 32.2. The molecule has 0 saturated heterocycles. The Hall–Kier alpha value is -3.50. The summed E-state index contributed by atoms with van der Waals surface area (Å²) < 4.78 is 34.9. The van der Waals surface area contributed by atoms with E-state index in [1.807, 2.05) is 48.1 Å². The lowest BCUT2D eigenvalue weighted by molar-refractivity contribution is -0.144. The number of nitrogens with zero attached hydrogens (tertiary/aromatic N) is 5. The summed E-state index contributed by atoms with van der Waals surface area (Å²) in [5.41, 5.74) is 3.09. The van der Waals surface area contributed by atoms with Gasteiger partial charge in [0, 0.05) is 39.3 Å². The third-order valence-corrected chi connectivity index (χ3v) is 7.14. The summed E-state index contributed by atoms with van der Waals surface area (Å²) in [5, 5.41) is 4.30. The van der Waals surface area contributed by atoms with Gasteiger partial charge in [0.2, 0.25) is 10.0 Å². The van der Waals surface area contributed by atoms with Crippen molar-refractivity contribution in [1.82, 2.24) is 23.6 Å². The van der Waals surface area contributed by atoms with E-state index in [1.165, 1.54) is 14.1 Å². The van der Waals surface area contributed by atoms with Crippen LogP contribution in [-0.2, 0) is 39.6 Å². The second-order valence-corrected chi connectivity index (χ2v) is 9.97. The fourth-order valence-electron chi connectivity index (χ4n) is 3.43. The van der Waals surface area contributed by atoms with Crippen LogP contribution in [0.4, 0.5) is 0 Å². The van der Waals surface area contributed by atoms with Crippen molar-refractivity contribution in [1.29, 1.82) is 0 Å². The molecule has 0 radical (unpaired) electrons. The molecule has 0 spiro atoms. The van der Waals surface area contributed by atoms with E-state index in [0.29, 0.717) is 17.8 Å². The molecule has 33 heavy (non-hydrogen) atoms. The van der Waals surface area contributed by atoms with Gasteiger partial charge in [0.15, 0.2) is 0 Å². The molecule has 0 aliphatic carbocycles. The largest absolute Gasteiger partial charge is 0.461 e. The molecule has 4 aromatic rings. The van der Waals surface area contributed by atoms with Gasteiger partial charge in [0.25, 0.3) is 0 Å². The molecule has 0 fully saturated rings. The Bertz CT molecular complexity index is 1390. The molecule has 0 unspecified atom stereocenters. The minimum atomic E-state index is -3.54. The zero-order valence-corrected chi connectivity index (χ0v) is 19.5. The van der Waals surface area contributed by atoms with E-state index in [4.69, 9.17) is 4.74 Å². The van der Waals surface area contributed by atoms with Crippen molar-refractivity contribution in [3.63, 3.8) is 0 Å². The van der Waals surface area contributed by atoms with Crippen LogP contribution in [0, 0.1) is 0 Å². The van der Waals surface area contributed by atoms with Crippen molar-refractivity contribution in [3.05, 3.63) is 72.3 Å². The first kappa shape index (κ1) is 22.7. The Morgan fingerprint density at radius 2 is 1.88 bits per heavy atom.